The molecule has 10 nitrogen and oxygen atoms in total. The van der Waals surface area contributed by atoms with E-state index in [0.29, 0.717) is 22.9 Å². The molecule has 0 N–H and O–H groups in total. The number of carbonyl (C=O) groups excluding carboxylic acids is 3. The zero-order valence-electron chi connectivity index (χ0n) is 24.0. The maximum atomic E-state index is 12.7. The van der Waals surface area contributed by atoms with Crippen molar-refractivity contribution >= 4 is 33.5 Å². The Morgan fingerprint density at radius 1 is 0.795 bits per heavy atom. The Morgan fingerprint density at radius 2 is 1.36 bits per heavy atom. The van der Waals surface area contributed by atoms with E-state index in [1.54, 1.807) is 67.8 Å². The fourth-order valence-electron chi connectivity index (χ4n) is 4.50. The summed E-state index contributed by atoms with van der Waals surface area (Å²) >= 11 is 0. The first-order chi connectivity index (χ1) is 21.1. The lowest BCUT2D eigenvalue weighted by Gasteiger charge is -2.17. The first-order valence-electron chi connectivity index (χ1n) is 13.6. The van der Waals surface area contributed by atoms with E-state index in [0.717, 1.165) is 5.56 Å². The second-order valence-corrected chi connectivity index (χ2v) is 11.6. The van der Waals surface area contributed by atoms with Crippen LogP contribution in [-0.2, 0) is 24.4 Å². The van der Waals surface area contributed by atoms with Gasteiger partial charge in [-0.15, -0.1) is 0 Å². The Balaban J connectivity index is 1.11. The number of Topliss-reactive ketones (excluding diaryl/α,β-unsaturated/α-hetero) is 1. The summed E-state index contributed by atoms with van der Waals surface area (Å²) in [5.74, 6) is -0.157. The van der Waals surface area contributed by atoms with Crippen LogP contribution in [0, 0.1) is 12.8 Å². The second kappa shape index (κ2) is 13.0. The molecule has 1 amide bonds. The van der Waals surface area contributed by atoms with Crippen molar-refractivity contribution in [2.24, 2.45) is 5.92 Å². The average molecular weight is 616 g/mol. The van der Waals surface area contributed by atoms with Crippen LogP contribution < -0.4 is 18.6 Å². The highest BCUT2D eigenvalue weighted by Gasteiger charge is 2.36. The van der Waals surface area contributed by atoms with Crippen LogP contribution in [0.2, 0.25) is 0 Å². The van der Waals surface area contributed by atoms with E-state index < -0.39 is 34.4 Å². The molecule has 0 spiro atoms. The molecule has 0 aliphatic carbocycles. The molecule has 1 atom stereocenters. The van der Waals surface area contributed by atoms with Gasteiger partial charge in [-0.3, -0.25) is 14.4 Å². The number of hydrogen-bond acceptors (Lipinski definition) is 9. The van der Waals surface area contributed by atoms with Crippen LogP contribution in [-0.4, -0.2) is 46.3 Å². The van der Waals surface area contributed by atoms with Gasteiger partial charge < -0.3 is 23.3 Å². The quantitative estimate of drug-likeness (QED) is 0.125. The topological polar surface area (TPSA) is 126 Å². The van der Waals surface area contributed by atoms with Crippen LogP contribution in [0.3, 0.4) is 0 Å². The Morgan fingerprint density at radius 3 is 1.98 bits per heavy atom. The van der Waals surface area contributed by atoms with E-state index in [9.17, 15) is 22.8 Å². The van der Waals surface area contributed by atoms with E-state index in [-0.39, 0.29) is 35.1 Å². The van der Waals surface area contributed by atoms with Crippen molar-refractivity contribution in [3.8, 4) is 23.0 Å². The molecule has 4 aromatic carbocycles. The molecule has 44 heavy (non-hydrogen) atoms. The van der Waals surface area contributed by atoms with Crippen LogP contribution in [0.15, 0.2) is 102 Å². The number of amides is 1. The summed E-state index contributed by atoms with van der Waals surface area (Å²) < 4.78 is 46.3. The molecule has 1 heterocycles. The molecule has 0 unspecified atom stereocenters. The summed E-state index contributed by atoms with van der Waals surface area (Å²) in [6.07, 6.45) is -0.0430. The summed E-state index contributed by atoms with van der Waals surface area (Å²) in [4.78, 5) is 39.5. The van der Waals surface area contributed by atoms with E-state index >= 15 is 0 Å². The molecular formula is C33H29NO9S. The largest absolute Gasteiger partial charge is 0.497 e. The van der Waals surface area contributed by atoms with Crippen molar-refractivity contribution in [1.29, 1.82) is 0 Å². The number of aryl methyl sites for hydroxylation is 1. The number of anilines is 1. The maximum Gasteiger partial charge on any atom is 0.339 e. The van der Waals surface area contributed by atoms with Gasteiger partial charge in [0.1, 0.15) is 27.9 Å². The predicted octanol–water partition coefficient (Wildman–Crippen LogP) is 5.34. The van der Waals surface area contributed by atoms with Crippen molar-refractivity contribution in [2.45, 2.75) is 18.2 Å². The van der Waals surface area contributed by atoms with Crippen molar-refractivity contribution in [3.63, 3.8) is 0 Å². The normalized spacial score (nSPS) is 14.6. The summed E-state index contributed by atoms with van der Waals surface area (Å²) in [5.41, 5.74) is 1.72. The molecular weight excluding hydrogens is 586 g/mol. The number of esters is 1. The Bertz CT molecular complexity index is 1750. The third-order valence-electron chi connectivity index (χ3n) is 6.94. The number of rotatable bonds is 11. The lowest BCUT2D eigenvalue weighted by Crippen LogP contribution is -2.27. The van der Waals surface area contributed by atoms with Gasteiger partial charge in [0.25, 0.3) is 0 Å². The number of nitrogens with zero attached hydrogens (tertiary/aromatic N) is 1. The molecule has 1 fully saturated rings. The number of ketones is 1. The van der Waals surface area contributed by atoms with Gasteiger partial charge >= 0.3 is 16.1 Å². The van der Waals surface area contributed by atoms with Gasteiger partial charge in [-0.25, -0.2) is 0 Å². The average Bonchev–Trinajstić information content (AvgIpc) is 3.42. The van der Waals surface area contributed by atoms with Crippen LogP contribution in [0.5, 0.6) is 23.0 Å². The second-order valence-electron chi connectivity index (χ2n) is 10.1. The zero-order chi connectivity index (χ0) is 31.3. The van der Waals surface area contributed by atoms with Gasteiger partial charge in [0.05, 0.1) is 13.0 Å². The number of ether oxygens (including phenoxy) is 3. The Kier molecular flexibility index (Phi) is 8.96. The monoisotopic (exact) mass is 615 g/mol. The lowest BCUT2D eigenvalue weighted by molar-refractivity contribution is -0.147. The molecule has 0 saturated carbocycles. The predicted molar refractivity (Wildman–Crippen MR) is 161 cm³/mol. The van der Waals surface area contributed by atoms with Crippen LogP contribution in [0.25, 0.3) is 0 Å². The van der Waals surface area contributed by atoms with Gasteiger partial charge in [-0.05, 0) is 91.9 Å². The van der Waals surface area contributed by atoms with Crippen molar-refractivity contribution < 1.29 is 41.2 Å². The summed E-state index contributed by atoms with van der Waals surface area (Å²) in [7, 11) is -2.45. The maximum absolute atomic E-state index is 12.7. The summed E-state index contributed by atoms with van der Waals surface area (Å²) in [6.45, 7) is 1.43. The van der Waals surface area contributed by atoms with Gasteiger partial charge in [0, 0.05) is 24.2 Å². The highest BCUT2D eigenvalue weighted by molar-refractivity contribution is 7.87. The van der Waals surface area contributed by atoms with Crippen LogP contribution in [0.1, 0.15) is 22.3 Å². The first-order valence-corrected chi connectivity index (χ1v) is 15.1. The molecule has 0 aromatic heterocycles. The van der Waals surface area contributed by atoms with Gasteiger partial charge in [0.2, 0.25) is 5.91 Å². The Hall–Kier alpha value is -5.16. The molecule has 11 heteroatoms. The molecule has 1 aliphatic rings. The smallest absolute Gasteiger partial charge is 0.339 e. The fourth-order valence-corrected chi connectivity index (χ4v) is 5.43. The highest BCUT2D eigenvalue weighted by atomic mass is 32.2. The van der Waals surface area contributed by atoms with Crippen molar-refractivity contribution in [2.75, 3.05) is 25.2 Å². The van der Waals surface area contributed by atoms with E-state index in [4.69, 9.17) is 18.4 Å². The number of methoxy groups -OCH3 is 1. The van der Waals surface area contributed by atoms with E-state index in [2.05, 4.69) is 0 Å². The molecule has 4 aromatic rings. The van der Waals surface area contributed by atoms with E-state index in [1.807, 2.05) is 6.92 Å². The van der Waals surface area contributed by atoms with Crippen LogP contribution in [0.4, 0.5) is 5.69 Å². The van der Waals surface area contributed by atoms with Crippen molar-refractivity contribution in [3.05, 3.63) is 108 Å². The summed E-state index contributed by atoms with van der Waals surface area (Å²) in [5, 5.41) is 0. The zero-order valence-corrected chi connectivity index (χ0v) is 24.8. The van der Waals surface area contributed by atoms with E-state index in [1.165, 1.54) is 41.3 Å². The highest BCUT2D eigenvalue weighted by Crippen LogP contribution is 2.30. The number of hydrogen-bond donors (Lipinski definition) is 0. The minimum atomic E-state index is -4.04. The molecule has 5 rings (SSSR count). The van der Waals surface area contributed by atoms with Gasteiger partial charge in [0.15, 0.2) is 12.4 Å². The fraction of sp³-hybridized carbons (Fsp3) is 0.182. The standard InChI is InChI=1S/C33H29NO9S/c1-22-3-17-30(18-4-22)44(38,39)43-29-9-5-23(6-10-29)31(35)21-41-33(37)24-19-32(36)34(20-24)25-7-11-27(12-8-25)42-28-15-13-26(40-2)14-16-28/h3-18,24H,19-21H2,1-2H3/t24-/m1/s1. The van der Waals surface area contributed by atoms with Gasteiger partial charge in [-0.2, -0.15) is 8.42 Å². The third-order valence-corrected chi connectivity index (χ3v) is 8.20. The summed E-state index contributed by atoms with van der Waals surface area (Å²) in [6, 6.07) is 25.7. The molecule has 0 bridgehead atoms. The Labute approximate surface area is 254 Å². The van der Waals surface area contributed by atoms with Crippen molar-refractivity contribution in [1.82, 2.24) is 0 Å². The van der Waals surface area contributed by atoms with Gasteiger partial charge in [-0.1, -0.05) is 17.7 Å². The SMILES string of the molecule is COc1ccc(Oc2ccc(N3C[C@H](C(=O)OCC(=O)c4ccc(OS(=O)(=O)c5ccc(C)cc5)cc4)CC3=O)cc2)cc1. The number of benzene rings is 4. The minimum absolute atomic E-state index is 0.00915. The first kappa shape index (κ1) is 30.3. The molecule has 0 radical (unpaired) electrons. The molecule has 226 valence electrons. The molecule has 1 aliphatic heterocycles. The minimum Gasteiger partial charge on any atom is -0.497 e. The van der Waals surface area contributed by atoms with Crippen LogP contribution >= 0.6 is 0 Å². The molecule has 1 saturated heterocycles. The third kappa shape index (κ3) is 7.24. The lowest BCUT2D eigenvalue weighted by atomic mass is 10.1. The number of carbonyl (C=O) groups is 3.